The van der Waals surface area contributed by atoms with Gasteiger partial charge < -0.3 is 26.8 Å². The van der Waals surface area contributed by atoms with Crippen molar-refractivity contribution < 1.29 is 23.1 Å². The molecule has 0 spiro atoms. The Labute approximate surface area is 217 Å². The topological polar surface area (TPSA) is 180 Å². The van der Waals surface area contributed by atoms with Crippen LogP contribution in [0.3, 0.4) is 0 Å². The minimum Gasteiger partial charge on any atom is -0.480 e. The van der Waals surface area contributed by atoms with E-state index in [0.29, 0.717) is 25.1 Å². The lowest BCUT2D eigenvalue weighted by molar-refractivity contribution is -0.153. The van der Waals surface area contributed by atoms with Crippen molar-refractivity contribution in [2.75, 3.05) is 25.0 Å². The van der Waals surface area contributed by atoms with E-state index in [-0.39, 0.29) is 55.0 Å². The second-order valence-corrected chi connectivity index (χ2v) is 10.8. The highest BCUT2D eigenvalue weighted by Crippen LogP contribution is 2.32. The SMILES string of the molecule is C#C[C@@H]1CCN(C(=O)[C@H](CCCN=C(N)N)NS(=O)(=O)c2cccc3c2NC[C@H](C#C)C3)[C@@H](C(=O)O)C1. The molecule has 12 heteroatoms. The molecule has 37 heavy (non-hydrogen) atoms. The van der Waals surface area contributed by atoms with E-state index < -0.39 is 34.0 Å². The fourth-order valence-corrected chi connectivity index (χ4v) is 6.10. The zero-order valence-corrected chi connectivity index (χ0v) is 21.2. The van der Waals surface area contributed by atoms with Gasteiger partial charge in [0.25, 0.3) is 0 Å². The van der Waals surface area contributed by atoms with Crippen LogP contribution in [0.15, 0.2) is 28.1 Å². The highest BCUT2D eigenvalue weighted by molar-refractivity contribution is 7.89. The Balaban J connectivity index is 1.89. The maximum Gasteiger partial charge on any atom is 0.326 e. The van der Waals surface area contributed by atoms with E-state index in [4.69, 9.17) is 24.3 Å². The fourth-order valence-electron chi connectivity index (χ4n) is 4.65. The van der Waals surface area contributed by atoms with Crippen LogP contribution in [0, 0.1) is 36.5 Å². The molecule has 0 aliphatic carbocycles. The number of amides is 1. The number of rotatable bonds is 9. The van der Waals surface area contributed by atoms with E-state index in [1.54, 1.807) is 12.1 Å². The summed E-state index contributed by atoms with van der Waals surface area (Å²) in [6.45, 7) is 0.693. The van der Waals surface area contributed by atoms with Crippen LogP contribution in [-0.2, 0) is 26.0 Å². The van der Waals surface area contributed by atoms with Crippen molar-refractivity contribution >= 4 is 33.5 Å². The summed E-state index contributed by atoms with van der Waals surface area (Å²) in [5, 5.41) is 12.8. The van der Waals surface area contributed by atoms with Gasteiger partial charge in [-0.25, -0.2) is 13.2 Å². The number of benzene rings is 1. The number of carboxylic acids is 1. The molecular formula is C25H32N6O5S. The second kappa shape index (κ2) is 12.0. The zero-order chi connectivity index (χ0) is 27.2. The Bertz CT molecular complexity index is 1250. The van der Waals surface area contributed by atoms with E-state index in [1.165, 1.54) is 11.0 Å². The normalized spacial score (nSPS) is 21.9. The summed E-state index contributed by atoms with van der Waals surface area (Å²) < 4.78 is 29.6. The van der Waals surface area contributed by atoms with Crippen LogP contribution in [0.2, 0.25) is 0 Å². The van der Waals surface area contributed by atoms with Crippen molar-refractivity contribution in [3.05, 3.63) is 23.8 Å². The molecule has 0 radical (unpaired) electrons. The number of likely N-dealkylation sites (tertiary alicyclic amines) is 1. The molecule has 4 atom stereocenters. The summed E-state index contributed by atoms with van der Waals surface area (Å²) >= 11 is 0. The summed E-state index contributed by atoms with van der Waals surface area (Å²) in [5.74, 6) is 2.92. The molecule has 0 saturated carbocycles. The Hall–Kier alpha value is -3.74. The van der Waals surface area contributed by atoms with Crippen molar-refractivity contribution in [1.29, 1.82) is 0 Å². The molecule has 1 fully saturated rings. The molecule has 11 nitrogen and oxygen atoms in total. The molecule has 1 aromatic rings. The Kier molecular flexibility index (Phi) is 9.03. The summed E-state index contributed by atoms with van der Waals surface area (Å²) in [7, 11) is -4.19. The lowest BCUT2D eigenvalue weighted by Crippen LogP contribution is -2.56. The summed E-state index contributed by atoms with van der Waals surface area (Å²) in [6, 6.07) is 2.48. The number of carboxylic acid groups (broad SMARTS) is 1. The average Bonchev–Trinajstić information content (AvgIpc) is 2.88. The minimum absolute atomic E-state index is 0.0108. The number of guanidine groups is 1. The second-order valence-electron chi connectivity index (χ2n) is 9.14. The van der Waals surface area contributed by atoms with E-state index in [0.717, 1.165) is 5.56 Å². The number of piperidine rings is 1. The number of nitrogens with one attached hydrogen (secondary N) is 2. The van der Waals surface area contributed by atoms with Crippen molar-refractivity contribution in [3.8, 4) is 24.7 Å². The predicted molar refractivity (Wildman–Crippen MR) is 140 cm³/mol. The quantitative estimate of drug-likeness (QED) is 0.128. The molecule has 2 heterocycles. The molecule has 2 aliphatic rings. The number of para-hydroxylation sites is 1. The van der Waals surface area contributed by atoms with Gasteiger partial charge in [0.2, 0.25) is 15.9 Å². The van der Waals surface area contributed by atoms with Gasteiger partial charge in [-0.2, -0.15) is 4.72 Å². The van der Waals surface area contributed by atoms with Crippen molar-refractivity contribution in [2.24, 2.45) is 28.3 Å². The first kappa shape index (κ1) is 27.8. The summed E-state index contributed by atoms with van der Waals surface area (Å²) in [4.78, 5) is 30.6. The third-order valence-corrected chi connectivity index (χ3v) is 8.09. The lowest BCUT2D eigenvalue weighted by atomic mass is 9.90. The molecule has 1 saturated heterocycles. The van der Waals surface area contributed by atoms with E-state index in [9.17, 15) is 23.1 Å². The maximum atomic E-state index is 13.6. The number of terminal acetylenes is 2. The number of fused-ring (bicyclic) bond motifs is 1. The molecule has 0 bridgehead atoms. The lowest BCUT2D eigenvalue weighted by Gasteiger charge is -2.37. The Morgan fingerprint density at radius 2 is 2.00 bits per heavy atom. The summed E-state index contributed by atoms with van der Waals surface area (Å²) in [6.07, 6.45) is 12.4. The Morgan fingerprint density at radius 3 is 2.65 bits per heavy atom. The van der Waals surface area contributed by atoms with E-state index in [2.05, 4.69) is 26.9 Å². The first-order valence-electron chi connectivity index (χ1n) is 12.0. The number of nitrogens with zero attached hydrogens (tertiary/aromatic N) is 2. The number of carbonyl (C=O) groups is 2. The predicted octanol–water partition coefficient (Wildman–Crippen LogP) is -0.0705. The number of hydrogen-bond donors (Lipinski definition) is 5. The molecule has 198 valence electrons. The number of anilines is 1. The van der Waals surface area contributed by atoms with Gasteiger partial charge in [0, 0.05) is 31.5 Å². The first-order chi connectivity index (χ1) is 17.6. The van der Waals surface area contributed by atoms with Crippen LogP contribution in [0.4, 0.5) is 5.69 Å². The van der Waals surface area contributed by atoms with Crippen LogP contribution in [0.25, 0.3) is 0 Å². The van der Waals surface area contributed by atoms with Crippen LogP contribution in [-0.4, -0.2) is 68.0 Å². The number of carbonyl (C=O) groups excluding carboxylic acids is 1. The van der Waals surface area contributed by atoms with Crippen LogP contribution < -0.4 is 21.5 Å². The smallest absolute Gasteiger partial charge is 0.326 e. The average molecular weight is 529 g/mol. The molecular weight excluding hydrogens is 496 g/mol. The number of sulfonamides is 1. The number of aliphatic carboxylic acids is 1. The zero-order valence-electron chi connectivity index (χ0n) is 20.4. The third kappa shape index (κ3) is 6.73. The molecule has 1 amide bonds. The van der Waals surface area contributed by atoms with Crippen LogP contribution in [0.1, 0.15) is 31.2 Å². The van der Waals surface area contributed by atoms with Gasteiger partial charge in [0.05, 0.1) is 5.69 Å². The van der Waals surface area contributed by atoms with Gasteiger partial charge >= 0.3 is 5.97 Å². The molecule has 2 aliphatic heterocycles. The van der Waals surface area contributed by atoms with Crippen molar-refractivity contribution in [1.82, 2.24) is 9.62 Å². The maximum absolute atomic E-state index is 13.6. The minimum atomic E-state index is -4.19. The number of nitrogens with two attached hydrogens (primary N) is 2. The van der Waals surface area contributed by atoms with Gasteiger partial charge in [-0.05, 0) is 43.7 Å². The molecule has 3 rings (SSSR count). The third-order valence-electron chi connectivity index (χ3n) is 6.58. The van der Waals surface area contributed by atoms with Gasteiger partial charge in [-0.3, -0.25) is 9.79 Å². The van der Waals surface area contributed by atoms with E-state index in [1.807, 2.05) is 0 Å². The monoisotopic (exact) mass is 528 g/mol. The number of aliphatic imine (C=N–C) groups is 1. The summed E-state index contributed by atoms with van der Waals surface area (Å²) in [5.41, 5.74) is 11.9. The molecule has 1 aromatic carbocycles. The first-order valence-corrected chi connectivity index (χ1v) is 13.4. The standard InChI is InChI=1S/C25H32N6O5S/c1-3-16-10-12-31(20(14-16)24(33)34)23(32)19(8-6-11-28-25(26)27)30-37(35,36)21-9-5-7-18-13-17(4-2)15-29-22(18)21/h1-2,5,7,9,16-17,19-20,29-30H,6,8,10-15H2,(H,33,34)(H4,26,27,28)/t16-,17-,19+,20-/m1/s1. The van der Waals surface area contributed by atoms with Crippen LogP contribution >= 0.6 is 0 Å². The Morgan fingerprint density at radius 1 is 1.27 bits per heavy atom. The largest absolute Gasteiger partial charge is 0.480 e. The van der Waals surface area contributed by atoms with Gasteiger partial charge in [-0.1, -0.05) is 12.1 Å². The van der Waals surface area contributed by atoms with E-state index >= 15 is 0 Å². The number of hydrogen-bond acceptors (Lipinski definition) is 6. The van der Waals surface area contributed by atoms with Gasteiger partial charge in [-0.15, -0.1) is 24.7 Å². The van der Waals surface area contributed by atoms with Crippen molar-refractivity contribution in [3.63, 3.8) is 0 Å². The van der Waals surface area contributed by atoms with Gasteiger partial charge in [0.15, 0.2) is 5.96 Å². The molecule has 0 aromatic heterocycles. The molecule has 7 N–H and O–H groups in total. The van der Waals surface area contributed by atoms with Gasteiger partial charge in [0.1, 0.15) is 17.0 Å². The highest BCUT2D eigenvalue weighted by atomic mass is 32.2. The van der Waals surface area contributed by atoms with Crippen molar-refractivity contribution in [2.45, 2.75) is 49.1 Å². The fraction of sp³-hybridized carbons (Fsp3) is 0.480. The molecule has 0 unspecified atom stereocenters. The van der Waals surface area contributed by atoms with Crippen LogP contribution in [0.5, 0.6) is 0 Å². The highest BCUT2D eigenvalue weighted by Gasteiger charge is 2.39.